The van der Waals surface area contributed by atoms with Crippen LogP contribution in [-0.4, -0.2) is 38.9 Å². The predicted octanol–water partition coefficient (Wildman–Crippen LogP) is 2.55. The van der Waals surface area contributed by atoms with Gasteiger partial charge in [-0.05, 0) is 49.6 Å². The van der Waals surface area contributed by atoms with E-state index in [0.29, 0.717) is 6.04 Å². The number of hydrogen-bond acceptors (Lipinski definition) is 4. The fraction of sp³-hybridized carbons (Fsp3) is 0.368. The Balaban J connectivity index is 1.61. The number of aryl methyl sites for hydroxylation is 1. The molecule has 1 aliphatic rings. The summed E-state index contributed by atoms with van der Waals surface area (Å²) >= 11 is 0. The number of amides is 1. The summed E-state index contributed by atoms with van der Waals surface area (Å²) in [6, 6.07) is 10.7. The monoisotopic (exact) mass is 340 g/mol. The Bertz CT molecular complexity index is 736. The normalized spacial score (nSPS) is 18.1. The summed E-state index contributed by atoms with van der Waals surface area (Å²) in [7, 11) is 0. The molecule has 1 aromatic heterocycles. The zero-order valence-electron chi connectivity index (χ0n) is 14.4. The molecule has 0 radical (unpaired) electrons. The van der Waals surface area contributed by atoms with Crippen molar-refractivity contribution in [3.05, 3.63) is 59.4 Å². The molecule has 0 spiro atoms. The zero-order chi connectivity index (χ0) is 17.6. The summed E-state index contributed by atoms with van der Waals surface area (Å²) < 4.78 is 2.00. The molecule has 1 atom stereocenters. The maximum absolute atomic E-state index is 11.0. The fourth-order valence-corrected chi connectivity index (χ4v) is 3.33. The standard InChI is InChI=1S/C19H24N4O2/c1-15-10-12-23(20-15)14-13-22-11-2-3-18(22)17-7-4-16(5-8-17)6-9-19(24)21-25/h4-10,12,18,25H,2-3,11,13-14H2,1H3,(H,21,24)/t18-/m0/s1. The SMILES string of the molecule is Cc1ccn(CCN2CCC[C@H]2c2ccc(C=CC(=O)NO)cc2)n1. The van der Waals surface area contributed by atoms with E-state index in [4.69, 9.17) is 5.21 Å². The number of aromatic nitrogens is 2. The minimum absolute atomic E-state index is 0.440. The molecule has 2 N–H and O–H groups in total. The van der Waals surface area contributed by atoms with E-state index >= 15 is 0 Å². The third-order valence-corrected chi connectivity index (χ3v) is 4.61. The quantitative estimate of drug-likeness (QED) is 0.482. The molecule has 2 aromatic rings. The number of rotatable bonds is 6. The Hall–Kier alpha value is -2.44. The van der Waals surface area contributed by atoms with Crippen molar-refractivity contribution in [1.82, 2.24) is 20.2 Å². The molecule has 1 fully saturated rings. The van der Waals surface area contributed by atoms with Crippen LogP contribution in [0, 0.1) is 6.92 Å². The van der Waals surface area contributed by atoms with Crippen molar-refractivity contribution in [1.29, 1.82) is 0 Å². The summed E-state index contributed by atoms with van der Waals surface area (Å²) in [6.45, 7) is 5.02. The molecular weight excluding hydrogens is 316 g/mol. The van der Waals surface area contributed by atoms with Gasteiger partial charge in [-0.25, -0.2) is 5.48 Å². The zero-order valence-corrected chi connectivity index (χ0v) is 14.4. The van der Waals surface area contributed by atoms with Crippen LogP contribution in [0.3, 0.4) is 0 Å². The Kier molecular flexibility index (Phi) is 5.63. The third-order valence-electron chi connectivity index (χ3n) is 4.61. The first-order valence-electron chi connectivity index (χ1n) is 8.62. The summed E-state index contributed by atoms with van der Waals surface area (Å²) in [5, 5.41) is 13.0. The molecule has 6 heteroatoms. The minimum Gasteiger partial charge on any atom is -0.294 e. The van der Waals surface area contributed by atoms with E-state index < -0.39 is 5.91 Å². The molecule has 6 nitrogen and oxygen atoms in total. The van der Waals surface area contributed by atoms with E-state index in [-0.39, 0.29) is 0 Å². The number of carbonyl (C=O) groups excluding carboxylic acids is 1. The predicted molar refractivity (Wildman–Crippen MR) is 95.9 cm³/mol. The Morgan fingerprint density at radius 3 is 2.80 bits per heavy atom. The molecule has 2 heterocycles. The molecule has 0 saturated carbocycles. The van der Waals surface area contributed by atoms with Crippen molar-refractivity contribution in [3.63, 3.8) is 0 Å². The van der Waals surface area contributed by atoms with Crippen molar-refractivity contribution >= 4 is 12.0 Å². The van der Waals surface area contributed by atoms with Gasteiger partial charge < -0.3 is 0 Å². The Morgan fingerprint density at radius 2 is 2.12 bits per heavy atom. The molecule has 25 heavy (non-hydrogen) atoms. The first kappa shape index (κ1) is 17.4. The highest BCUT2D eigenvalue weighted by molar-refractivity contribution is 5.90. The van der Waals surface area contributed by atoms with Crippen LogP contribution >= 0.6 is 0 Å². The van der Waals surface area contributed by atoms with Crippen molar-refractivity contribution in [3.8, 4) is 0 Å². The first-order valence-corrected chi connectivity index (χ1v) is 8.62. The topological polar surface area (TPSA) is 70.4 Å². The molecular formula is C19H24N4O2. The maximum atomic E-state index is 11.0. The number of hydrogen-bond donors (Lipinski definition) is 2. The summed E-state index contributed by atoms with van der Waals surface area (Å²) in [4.78, 5) is 13.5. The smallest absolute Gasteiger partial charge is 0.267 e. The molecule has 1 aliphatic heterocycles. The van der Waals surface area contributed by atoms with Crippen LogP contribution in [0.15, 0.2) is 42.6 Å². The van der Waals surface area contributed by atoms with E-state index in [2.05, 4.69) is 22.1 Å². The van der Waals surface area contributed by atoms with E-state index in [0.717, 1.165) is 30.9 Å². The second-order valence-electron chi connectivity index (χ2n) is 6.39. The van der Waals surface area contributed by atoms with Gasteiger partial charge in [0.2, 0.25) is 0 Å². The number of likely N-dealkylation sites (tertiary alicyclic amines) is 1. The highest BCUT2D eigenvalue weighted by Gasteiger charge is 2.25. The average Bonchev–Trinajstić information content (AvgIpc) is 3.27. The molecule has 132 valence electrons. The Labute approximate surface area is 147 Å². The number of nitrogens with zero attached hydrogens (tertiary/aromatic N) is 3. The van der Waals surface area contributed by atoms with Crippen molar-refractivity contribution in [2.75, 3.05) is 13.1 Å². The largest absolute Gasteiger partial charge is 0.294 e. The van der Waals surface area contributed by atoms with Crippen LogP contribution in [0.4, 0.5) is 0 Å². The molecule has 0 aliphatic carbocycles. The average molecular weight is 340 g/mol. The van der Waals surface area contributed by atoms with Gasteiger partial charge in [0.15, 0.2) is 0 Å². The lowest BCUT2D eigenvalue weighted by Crippen LogP contribution is -2.27. The van der Waals surface area contributed by atoms with E-state index in [1.165, 1.54) is 24.5 Å². The van der Waals surface area contributed by atoms with Gasteiger partial charge in [-0.3, -0.25) is 19.6 Å². The molecule has 1 amide bonds. The van der Waals surface area contributed by atoms with Crippen LogP contribution in [0.1, 0.15) is 35.7 Å². The minimum atomic E-state index is -0.528. The van der Waals surface area contributed by atoms with Crippen LogP contribution in [0.25, 0.3) is 6.08 Å². The van der Waals surface area contributed by atoms with E-state index in [9.17, 15) is 4.79 Å². The number of nitrogens with one attached hydrogen (secondary N) is 1. The lowest BCUT2D eigenvalue weighted by Gasteiger charge is -2.25. The second-order valence-corrected chi connectivity index (χ2v) is 6.39. The van der Waals surface area contributed by atoms with Crippen LogP contribution in [0.5, 0.6) is 0 Å². The maximum Gasteiger partial charge on any atom is 0.267 e. The van der Waals surface area contributed by atoms with Crippen molar-refractivity contribution < 1.29 is 10.0 Å². The number of hydroxylamine groups is 1. The van der Waals surface area contributed by atoms with Crippen molar-refractivity contribution in [2.24, 2.45) is 0 Å². The van der Waals surface area contributed by atoms with Gasteiger partial charge in [0, 0.05) is 24.9 Å². The first-order chi connectivity index (χ1) is 12.2. The van der Waals surface area contributed by atoms with E-state index in [1.807, 2.05) is 36.0 Å². The van der Waals surface area contributed by atoms with Crippen molar-refractivity contribution in [2.45, 2.75) is 32.4 Å². The Morgan fingerprint density at radius 1 is 1.32 bits per heavy atom. The highest BCUT2D eigenvalue weighted by Crippen LogP contribution is 2.31. The molecule has 1 aromatic carbocycles. The lowest BCUT2D eigenvalue weighted by atomic mass is 10.0. The summed E-state index contributed by atoms with van der Waals surface area (Å²) in [6.07, 6.45) is 7.40. The number of carbonyl (C=O) groups is 1. The highest BCUT2D eigenvalue weighted by atomic mass is 16.5. The van der Waals surface area contributed by atoms with Crippen LogP contribution < -0.4 is 5.48 Å². The fourth-order valence-electron chi connectivity index (χ4n) is 3.33. The van der Waals surface area contributed by atoms with Gasteiger partial charge in [-0.2, -0.15) is 5.10 Å². The van der Waals surface area contributed by atoms with Gasteiger partial charge in [0.05, 0.1) is 12.2 Å². The lowest BCUT2D eigenvalue weighted by molar-refractivity contribution is -0.124. The van der Waals surface area contributed by atoms with Gasteiger partial charge in [-0.15, -0.1) is 0 Å². The number of benzene rings is 1. The van der Waals surface area contributed by atoms with Gasteiger partial charge in [0.25, 0.3) is 5.91 Å². The molecule has 0 unspecified atom stereocenters. The second kappa shape index (κ2) is 8.09. The van der Waals surface area contributed by atoms with Gasteiger partial charge in [0.1, 0.15) is 0 Å². The van der Waals surface area contributed by atoms with Gasteiger partial charge in [-0.1, -0.05) is 24.3 Å². The van der Waals surface area contributed by atoms with E-state index in [1.54, 1.807) is 11.6 Å². The van der Waals surface area contributed by atoms with Crippen LogP contribution in [-0.2, 0) is 11.3 Å². The van der Waals surface area contributed by atoms with Gasteiger partial charge >= 0.3 is 0 Å². The third kappa shape index (κ3) is 4.55. The molecule has 3 rings (SSSR count). The van der Waals surface area contributed by atoms with Crippen LogP contribution in [0.2, 0.25) is 0 Å². The summed E-state index contributed by atoms with van der Waals surface area (Å²) in [5.74, 6) is -0.528. The molecule has 1 saturated heterocycles. The summed E-state index contributed by atoms with van der Waals surface area (Å²) in [5.41, 5.74) is 4.88. The molecule has 0 bridgehead atoms.